The van der Waals surface area contributed by atoms with Crippen LogP contribution in [0.25, 0.3) is 0 Å². The van der Waals surface area contributed by atoms with Gasteiger partial charge in [-0.3, -0.25) is 0 Å². The van der Waals surface area contributed by atoms with E-state index in [0.29, 0.717) is 0 Å². The van der Waals surface area contributed by atoms with Crippen LogP contribution in [0.3, 0.4) is 0 Å². The van der Waals surface area contributed by atoms with Gasteiger partial charge in [0, 0.05) is 5.92 Å². The molecular weight excluding hydrogens is 236 g/mol. The van der Waals surface area contributed by atoms with Crippen LogP contribution in [-0.4, -0.2) is 23.3 Å². The Kier molecular flexibility index (Phi) is 5.17. The third kappa shape index (κ3) is 4.45. The number of carbonyl (C=O) groups excluding carboxylic acids is 1. The second-order valence-electron chi connectivity index (χ2n) is 4.14. The Morgan fingerprint density at radius 2 is 1.83 bits per heavy atom. The van der Waals surface area contributed by atoms with E-state index in [9.17, 15) is 9.59 Å². The first-order valence-corrected chi connectivity index (χ1v) is 5.61. The first kappa shape index (κ1) is 14.0. The summed E-state index contributed by atoms with van der Waals surface area (Å²) in [5.41, 5.74) is 0.811. The van der Waals surface area contributed by atoms with Crippen LogP contribution < -0.4 is 0 Å². The standard InChI is InChI=1S/C13H16O5/c1-9(2)11(12(14)15)18-13(16)17-8-10-6-4-3-5-7-10/h3-7,9,11H,8H2,1-2H3,(H,14,15). The second kappa shape index (κ2) is 6.64. The minimum atomic E-state index is -1.19. The number of aliphatic carboxylic acids is 1. The Morgan fingerprint density at radius 3 is 2.33 bits per heavy atom. The molecule has 0 aliphatic heterocycles. The lowest BCUT2D eigenvalue weighted by Gasteiger charge is -2.16. The van der Waals surface area contributed by atoms with Crippen LogP contribution in [0, 0.1) is 5.92 Å². The van der Waals surface area contributed by atoms with Crippen molar-refractivity contribution in [3.8, 4) is 0 Å². The Labute approximate surface area is 105 Å². The van der Waals surface area contributed by atoms with Crippen molar-refractivity contribution in [2.24, 2.45) is 5.92 Å². The molecule has 5 nitrogen and oxygen atoms in total. The van der Waals surface area contributed by atoms with Crippen molar-refractivity contribution in [3.63, 3.8) is 0 Å². The van der Waals surface area contributed by atoms with Crippen molar-refractivity contribution in [2.45, 2.75) is 26.6 Å². The molecule has 0 aromatic heterocycles. The van der Waals surface area contributed by atoms with E-state index in [1.165, 1.54) is 0 Å². The average molecular weight is 252 g/mol. The molecule has 0 aliphatic rings. The molecule has 1 atom stereocenters. The molecule has 0 radical (unpaired) electrons. The normalized spacial score (nSPS) is 11.9. The number of rotatable bonds is 5. The highest BCUT2D eigenvalue weighted by Crippen LogP contribution is 2.09. The van der Waals surface area contributed by atoms with Crippen molar-refractivity contribution in [3.05, 3.63) is 35.9 Å². The zero-order valence-corrected chi connectivity index (χ0v) is 10.3. The molecule has 0 spiro atoms. The van der Waals surface area contributed by atoms with E-state index in [1.54, 1.807) is 26.0 Å². The first-order valence-electron chi connectivity index (χ1n) is 5.61. The molecule has 0 saturated heterocycles. The lowest BCUT2D eigenvalue weighted by molar-refractivity contribution is -0.150. The van der Waals surface area contributed by atoms with Gasteiger partial charge in [0.2, 0.25) is 6.10 Å². The minimum Gasteiger partial charge on any atom is -0.478 e. The molecule has 1 N–H and O–H groups in total. The van der Waals surface area contributed by atoms with Crippen molar-refractivity contribution >= 4 is 12.1 Å². The van der Waals surface area contributed by atoms with Crippen LogP contribution >= 0.6 is 0 Å². The summed E-state index contributed by atoms with van der Waals surface area (Å²) in [6.45, 7) is 3.37. The predicted molar refractivity (Wildman–Crippen MR) is 64.0 cm³/mol. The fourth-order valence-corrected chi connectivity index (χ4v) is 1.33. The molecule has 0 heterocycles. The lowest BCUT2D eigenvalue weighted by Crippen LogP contribution is -2.32. The van der Waals surface area contributed by atoms with Gasteiger partial charge in [-0.25, -0.2) is 9.59 Å². The van der Waals surface area contributed by atoms with Gasteiger partial charge in [-0.2, -0.15) is 0 Å². The van der Waals surface area contributed by atoms with Crippen LogP contribution in [-0.2, 0) is 20.9 Å². The van der Waals surface area contributed by atoms with Gasteiger partial charge >= 0.3 is 12.1 Å². The van der Waals surface area contributed by atoms with Gasteiger partial charge in [0.25, 0.3) is 0 Å². The number of carboxylic acid groups (broad SMARTS) is 1. The topological polar surface area (TPSA) is 72.8 Å². The Morgan fingerprint density at radius 1 is 1.22 bits per heavy atom. The number of carbonyl (C=O) groups is 2. The van der Waals surface area contributed by atoms with E-state index in [1.807, 2.05) is 18.2 Å². The van der Waals surface area contributed by atoms with E-state index < -0.39 is 18.2 Å². The van der Waals surface area contributed by atoms with E-state index in [2.05, 4.69) is 0 Å². The Hall–Kier alpha value is -2.04. The van der Waals surface area contributed by atoms with Gasteiger partial charge in [-0.1, -0.05) is 44.2 Å². The van der Waals surface area contributed by atoms with Gasteiger partial charge in [-0.15, -0.1) is 0 Å². The molecular formula is C13H16O5. The molecule has 1 unspecified atom stereocenters. The molecule has 0 bridgehead atoms. The molecule has 18 heavy (non-hydrogen) atoms. The molecule has 1 aromatic carbocycles. The SMILES string of the molecule is CC(C)C(OC(=O)OCc1ccccc1)C(=O)O. The molecule has 5 heteroatoms. The van der Waals surface area contributed by atoms with Crippen LogP contribution in [0.15, 0.2) is 30.3 Å². The predicted octanol–water partition coefficient (Wildman–Crippen LogP) is 2.45. The van der Waals surface area contributed by atoms with Gasteiger partial charge < -0.3 is 14.6 Å². The summed E-state index contributed by atoms with van der Waals surface area (Å²) in [5, 5.41) is 8.85. The van der Waals surface area contributed by atoms with Gasteiger partial charge in [0.05, 0.1) is 0 Å². The third-order valence-corrected chi connectivity index (χ3v) is 2.27. The summed E-state index contributed by atoms with van der Waals surface area (Å²) in [6.07, 6.45) is -2.16. The van der Waals surface area contributed by atoms with E-state index >= 15 is 0 Å². The van der Waals surface area contributed by atoms with Crippen molar-refractivity contribution in [1.29, 1.82) is 0 Å². The van der Waals surface area contributed by atoms with E-state index in [-0.39, 0.29) is 12.5 Å². The number of carboxylic acids is 1. The average Bonchev–Trinajstić information content (AvgIpc) is 2.34. The minimum absolute atomic E-state index is 0.0596. The van der Waals surface area contributed by atoms with Crippen LogP contribution in [0.5, 0.6) is 0 Å². The zero-order chi connectivity index (χ0) is 13.5. The van der Waals surface area contributed by atoms with Crippen LogP contribution in [0.1, 0.15) is 19.4 Å². The van der Waals surface area contributed by atoms with Crippen LogP contribution in [0.4, 0.5) is 4.79 Å². The lowest BCUT2D eigenvalue weighted by atomic mass is 10.1. The van der Waals surface area contributed by atoms with Gasteiger partial charge in [0.1, 0.15) is 6.61 Å². The molecule has 1 aromatic rings. The van der Waals surface area contributed by atoms with Crippen molar-refractivity contribution in [1.82, 2.24) is 0 Å². The first-order chi connectivity index (χ1) is 8.50. The molecule has 0 amide bonds. The summed E-state index contributed by atoms with van der Waals surface area (Å²) in [4.78, 5) is 22.1. The highest BCUT2D eigenvalue weighted by atomic mass is 16.7. The summed E-state index contributed by atoms with van der Waals surface area (Å²) in [5.74, 6) is -1.49. The largest absolute Gasteiger partial charge is 0.509 e. The number of hydrogen-bond acceptors (Lipinski definition) is 4. The molecule has 1 rings (SSSR count). The maximum Gasteiger partial charge on any atom is 0.509 e. The maximum absolute atomic E-state index is 11.3. The quantitative estimate of drug-likeness (QED) is 0.815. The molecule has 98 valence electrons. The van der Waals surface area contributed by atoms with Gasteiger partial charge in [0.15, 0.2) is 0 Å². The zero-order valence-electron chi connectivity index (χ0n) is 10.3. The van der Waals surface area contributed by atoms with E-state index in [4.69, 9.17) is 14.6 Å². The highest BCUT2D eigenvalue weighted by Gasteiger charge is 2.26. The molecule has 0 aliphatic carbocycles. The van der Waals surface area contributed by atoms with Gasteiger partial charge in [-0.05, 0) is 5.56 Å². The summed E-state index contributed by atoms with van der Waals surface area (Å²) < 4.78 is 9.57. The monoisotopic (exact) mass is 252 g/mol. The highest BCUT2D eigenvalue weighted by molar-refractivity contribution is 5.75. The fourth-order valence-electron chi connectivity index (χ4n) is 1.33. The number of ether oxygens (including phenoxy) is 2. The van der Waals surface area contributed by atoms with Crippen molar-refractivity contribution in [2.75, 3.05) is 0 Å². The Bertz CT molecular complexity index is 399. The van der Waals surface area contributed by atoms with E-state index in [0.717, 1.165) is 5.56 Å². The summed E-state index contributed by atoms with van der Waals surface area (Å²) in [6, 6.07) is 9.08. The second-order valence-corrected chi connectivity index (χ2v) is 4.14. The summed E-state index contributed by atoms with van der Waals surface area (Å²) in [7, 11) is 0. The Balaban J connectivity index is 2.44. The third-order valence-electron chi connectivity index (χ3n) is 2.27. The maximum atomic E-state index is 11.3. The molecule has 0 fully saturated rings. The smallest absolute Gasteiger partial charge is 0.478 e. The fraction of sp³-hybridized carbons (Fsp3) is 0.385. The number of hydrogen-bond donors (Lipinski definition) is 1. The summed E-state index contributed by atoms with van der Waals surface area (Å²) >= 11 is 0. The van der Waals surface area contributed by atoms with Crippen LogP contribution in [0.2, 0.25) is 0 Å². The van der Waals surface area contributed by atoms with Crippen molar-refractivity contribution < 1.29 is 24.2 Å². The molecule has 0 saturated carbocycles. The number of benzene rings is 1.